The van der Waals surface area contributed by atoms with E-state index in [2.05, 4.69) is 0 Å². The molecule has 2 aromatic carbocycles. The Bertz CT molecular complexity index is 993. The van der Waals surface area contributed by atoms with Gasteiger partial charge in [-0.3, -0.25) is 4.79 Å². The fraction of sp³-hybridized carbons (Fsp3) is 0.235. The average Bonchev–Trinajstić information content (AvgIpc) is 2.85. The Hall–Kier alpha value is -3.14. The van der Waals surface area contributed by atoms with Gasteiger partial charge in [-0.25, -0.2) is 8.61 Å². The molecule has 0 aliphatic carbocycles. The Balaban J connectivity index is 1.95. The van der Waals surface area contributed by atoms with Gasteiger partial charge in [0.1, 0.15) is 18.0 Å². The van der Waals surface area contributed by atoms with Gasteiger partial charge < -0.3 is 20.9 Å². The maximum absolute atomic E-state index is 12.9. The van der Waals surface area contributed by atoms with Crippen LogP contribution in [0.3, 0.4) is 0 Å². The van der Waals surface area contributed by atoms with Crippen LogP contribution in [0.1, 0.15) is 5.56 Å². The molecule has 1 amide bonds. The minimum Gasteiger partial charge on any atom is -0.497 e. The number of nitrogens with two attached hydrogens (primary N) is 2. The second kappa shape index (κ2) is 6.88. The summed E-state index contributed by atoms with van der Waals surface area (Å²) in [4.78, 5) is 12.5. The van der Waals surface area contributed by atoms with Crippen LogP contribution in [0.25, 0.3) is 0 Å². The lowest BCUT2D eigenvalue weighted by molar-refractivity contribution is -0.124. The van der Waals surface area contributed by atoms with E-state index in [1.807, 2.05) is 0 Å². The molecule has 0 bridgehead atoms. The van der Waals surface area contributed by atoms with E-state index in [4.69, 9.17) is 20.9 Å². The van der Waals surface area contributed by atoms with Crippen LogP contribution in [0.5, 0.6) is 11.5 Å². The van der Waals surface area contributed by atoms with Gasteiger partial charge in [0.2, 0.25) is 0 Å². The van der Waals surface area contributed by atoms with E-state index in [0.717, 1.165) is 8.61 Å². The molecule has 0 unspecified atom stereocenters. The van der Waals surface area contributed by atoms with Crippen LogP contribution in [0, 0.1) is 0 Å². The molecule has 0 aromatic heterocycles. The van der Waals surface area contributed by atoms with E-state index in [1.165, 1.54) is 32.4 Å². The molecular formula is C17H20N4O5S. The number of carbonyl (C=O) groups excluding carboxylic acids is 1. The highest BCUT2D eigenvalue weighted by Gasteiger charge is 2.43. The van der Waals surface area contributed by atoms with Gasteiger partial charge in [-0.1, -0.05) is 0 Å². The Morgan fingerprint density at radius 1 is 1.07 bits per heavy atom. The van der Waals surface area contributed by atoms with Crippen LogP contribution in [0.15, 0.2) is 36.4 Å². The largest absolute Gasteiger partial charge is 0.497 e. The molecule has 1 saturated heterocycles. The number of carbonyl (C=O) groups is 1. The summed E-state index contributed by atoms with van der Waals surface area (Å²) >= 11 is 0. The smallest absolute Gasteiger partial charge is 0.329 e. The summed E-state index contributed by atoms with van der Waals surface area (Å²) in [6.07, 6.45) is 0. The van der Waals surface area contributed by atoms with Gasteiger partial charge in [-0.2, -0.15) is 8.42 Å². The van der Waals surface area contributed by atoms with Crippen molar-refractivity contribution in [2.45, 2.75) is 6.54 Å². The molecule has 0 spiro atoms. The van der Waals surface area contributed by atoms with E-state index < -0.39 is 16.1 Å². The normalized spacial score (nSPS) is 15.9. The van der Waals surface area contributed by atoms with Crippen molar-refractivity contribution in [1.82, 2.24) is 4.31 Å². The standard InChI is InChI=1S/C17H20N4O5S/c1-25-13-5-3-11(16(8-13)26-2)9-21-17(22)10-20(27(21,23)24)15-6-4-12(18)7-14(15)19/h3-8H,9-10,18-19H2,1-2H3. The predicted molar refractivity (Wildman–Crippen MR) is 102 cm³/mol. The lowest BCUT2D eigenvalue weighted by atomic mass is 10.2. The second-order valence-electron chi connectivity index (χ2n) is 5.91. The number of methoxy groups -OCH3 is 2. The highest BCUT2D eigenvalue weighted by atomic mass is 32.2. The number of benzene rings is 2. The number of rotatable bonds is 5. The number of hydrogen-bond donors (Lipinski definition) is 2. The number of nitrogens with zero attached hydrogens (tertiary/aromatic N) is 2. The van der Waals surface area contributed by atoms with Crippen molar-refractivity contribution in [2.24, 2.45) is 0 Å². The molecular weight excluding hydrogens is 372 g/mol. The molecule has 0 radical (unpaired) electrons. The lowest BCUT2D eigenvalue weighted by Gasteiger charge is -2.21. The van der Waals surface area contributed by atoms with Crippen molar-refractivity contribution in [2.75, 3.05) is 36.5 Å². The second-order valence-corrected chi connectivity index (χ2v) is 7.69. The average molecular weight is 392 g/mol. The van der Waals surface area contributed by atoms with Crippen LogP contribution in [0.4, 0.5) is 17.1 Å². The van der Waals surface area contributed by atoms with Gasteiger partial charge >= 0.3 is 10.2 Å². The Morgan fingerprint density at radius 3 is 2.44 bits per heavy atom. The van der Waals surface area contributed by atoms with E-state index in [-0.39, 0.29) is 24.5 Å². The third-order valence-corrected chi connectivity index (χ3v) is 6.02. The molecule has 1 aliphatic rings. The number of anilines is 3. The van der Waals surface area contributed by atoms with Crippen molar-refractivity contribution >= 4 is 33.2 Å². The summed E-state index contributed by atoms with van der Waals surface area (Å²) in [7, 11) is -1.12. The maximum Gasteiger partial charge on any atom is 0.329 e. The molecule has 27 heavy (non-hydrogen) atoms. The molecule has 4 N–H and O–H groups in total. The highest BCUT2D eigenvalue weighted by Crippen LogP contribution is 2.34. The zero-order valence-corrected chi connectivity index (χ0v) is 15.7. The number of amides is 1. The van der Waals surface area contributed by atoms with Gasteiger partial charge in [0.15, 0.2) is 0 Å². The van der Waals surface area contributed by atoms with Crippen molar-refractivity contribution in [3.8, 4) is 11.5 Å². The van der Waals surface area contributed by atoms with Gasteiger partial charge in [0, 0.05) is 17.3 Å². The highest BCUT2D eigenvalue weighted by molar-refractivity contribution is 7.91. The molecule has 1 fully saturated rings. The minimum atomic E-state index is -4.09. The summed E-state index contributed by atoms with van der Waals surface area (Å²) in [5, 5.41) is 0. The van der Waals surface area contributed by atoms with E-state index in [0.29, 0.717) is 22.7 Å². The Morgan fingerprint density at radius 2 is 1.81 bits per heavy atom. The van der Waals surface area contributed by atoms with E-state index >= 15 is 0 Å². The van der Waals surface area contributed by atoms with Gasteiger partial charge in [-0.15, -0.1) is 0 Å². The fourth-order valence-corrected chi connectivity index (χ4v) is 4.39. The number of nitrogen functional groups attached to an aromatic ring is 2. The maximum atomic E-state index is 12.9. The van der Waals surface area contributed by atoms with Crippen LogP contribution < -0.4 is 25.2 Å². The van der Waals surface area contributed by atoms with Crippen LogP contribution >= 0.6 is 0 Å². The molecule has 144 valence electrons. The first-order chi connectivity index (χ1) is 12.8. The summed E-state index contributed by atoms with van der Waals surface area (Å²) in [5.74, 6) is 0.411. The molecule has 9 nitrogen and oxygen atoms in total. The molecule has 1 aliphatic heterocycles. The summed E-state index contributed by atoms with van der Waals surface area (Å²) in [6.45, 7) is -0.505. The summed E-state index contributed by atoms with van der Waals surface area (Å²) in [5.41, 5.74) is 12.9. The third kappa shape index (κ3) is 3.31. The quantitative estimate of drug-likeness (QED) is 0.725. The zero-order valence-electron chi connectivity index (χ0n) is 14.9. The van der Waals surface area contributed by atoms with Crippen molar-refractivity contribution < 1.29 is 22.7 Å². The van der Waals surface area contributed by atoms with Crippen LogP contribution in [-0.2, 0) is 21.5 Å². The van der Waals surface area contributed by atoms with Gasteiger partial charge in [-0.05, 0) is 30.3 Å². The Labute approximate surface area is 157 Å². The number of ether oxygens (including phenoxy) is 2. The van der Waals surface area contributed by atoms with Crippen LogP contribution in [0.2, 0.25) is 0 Å². The molecule has 2 aromatic rings. The zero-order chi connectivity index (χ0) is 19.8. The first-order valence-electron chi connectivity index (χ1n) is 7.97. The molecule has 1 heterocycles. The Kier molecular flexibility index (Phi) is 4.75. The molecule has 0 saturated carbocycles. The van der Waals surface area contributed by atoms with Crippen molar-refractivity contribution in [3.05, 3.63) is 42.0 Å². The van der Waals surface area contributed by atoms with Crippen molar-refractivity contribution in [1.29, 1.82) is 0 Å². The summed E-state index contributed by atoms with van der Waals surface area (Å²) < 4.78 is 38.1. The first-order valence-corrected chi connectivity index (χ1v) is 9.36. The SMILES string of the molecule is COc1ccc(CN2C(=O)CN(c3ccc(N)cc3N)S2(=O)=O)c(OC)c1. The fourth-order valence-electron chi connectivity index (χ4n) is 2.85. The topological polar surface area (TPSA) is 128 Å². The number of hydrogen-bond acceptors (Lipinski definition) is 7. The van der Waals surface area contributed by atoms with Gasteiger partial charge in [0.25, 0.3) is 5.91 Å². The van der Waals surface area contributed by atoms with Gasteiger partial charge in [0.05, 0.1) is 32.1 Å². The van der Waals surface area contributed by atoms with E-state index in [9.17, 15) is 13.2 Å². The molecule has 3 rings (SSSR count). The van der Waals surface area contributed by atoms with E-state index in [1.54, 1.807) is 18.2 Å². The summed E-state index contributed by atoms with van der Waals surface area (Å²) in [6, 6.07) is 9.40. The minimum absolute atomic E-state index is 0.167. The monoisotopic (exact) mass is 392 g/mol. The first kappa shape index (κ1) is 18.6. The third-order valence-electron chi connectivity index (χ3n) is 4.24. The predicted octanol–water partition coefficient (Wildman–Crippen LogP) is 0.962. The molecule has 0 atom stereocenters. The lowest BCUT2D eigenvalue weighted by Crippen LogP contribution is -2.34. The molecule has 10 heteroatoms. The van der Waals surface area contributed by atoms with Crippen molar-refractivity contribution in [3.63, 3.8) is 0 Å². The van der Waals surface area contributed by atoms with Crippen LogP contribution in [-0.4, -0.2) is 39.4 Å².